The number of hydrogen-bond donors (Lipinski definition) is 0. The first kappa shape index (κ1) is 18.0. The molecule has 0 heteroatoms. The van der Waals surface area contributed by atoms with Gasteiger partial charge in [0.15, 0.2) is 0 Å². The predicted molar refractivity (Wildman–Crippen MR) is 84.8 cm³/mol. The third kappa shape index (κ3) is 14.1. The molecule has 0 bridgehead atoms. The second kappa shape index (κ2) is 15.1. The van der Waals surface area contributed by atoms with Crippen LogP contribution in [0.1, 0.15) is 104 Å². The van der Waals surface area contributed by atoms with Gasteiger partial charge >= 0.3 is 0 Å². The van der Waals surface area contributed by atoms with E-state index >= 15 is 0 Å². The molecule has 0 nitrogen and oxygen atoms in total. The van der Waals surface area contributed by atoms with Crippen LogP contribution in [0.25, 0.3) is 0 Å². The van der Waals surface area contributed by atoms with Crippen molar-refractivity contribution in [3.8, 4) is 0 Å². The quantitative estimate of drug-likeness (QED) is 0.294. The van der Waals surface area contributed by atoms with Crippen LogP contribution in [-0.4, -0.2) is 0 Å². The van der Waals surface area contributed by atoms with Gasteiger partial charge in [-0.25, -0.2) is 0 Å². The van der Waals surface area contributed by atoms with Gasteiger partial charge in [-0.3, -0.25) is 0 Å². The highest BCUT2D eigenvalue weighted by atomic mass is 14.0. The molecule has 0 aliphatic rings. The van der Waals surface area contributed by atoms with Crippen molar-refractivity contribution in [1.82, 2.24) is 0 Å². The van der Waals surface area contributed by atoms with Crippen molar-refractivity contribution in [3.63, 3.8) is 0 Å². The Labute approximate surface area is 117 Å². The molecule has 0 aromatic heterocycles. The Morgan fingerprint density at radius 3 is 1.44 bits per heavy atom. The van der Waals surface area contributed by atoms with Gasteiger partial charge < -0.3 is 0 Å². The first-order valence-corrected chi connectivity index (χ1v) is 8.60. The summed E-state index contributed by atoms with van der Waals surface area (Å²) in [4.78, 5) is 0. The maximum Gasteiger partial charge on any atom is -0.0445 e. The highest BCUT2D eigenvalue weighted by molar-refractivity contribution is 4.52. The standard InChI is InChI=1S/C18H37/c1-4-6-7-8-9-10-11-12-13-14-15-16-17-18(3)5-2/h18H,1,4-17H2,2-3H3. The zero-order valence-corrected chi connectivity index (χ0v) is 13.2. The van der Waals surface area contributed by atoms with Gasteiger partial charge in [0, 0.05) is 0 Å². The minimum Gasteiger partial charge on any atom is -0.0651 e. The smallest absolute Gasteiger partial charge is 0.0445 e. The van der Waals surface area contributed by atoms with E-state index in [1.54, 1.807) is 0 Å². The van der Waals surface area contributed by atoms with Gasteiger partial charge in [0.05, 0.1) is 0 Å². The average molecular weight is 253 g/mol. The van der Waals surface area contributed by atoms with Gasteiger partial charge in [-0.05, 0) is 5.92 Å². The molecule has 0 aromatic rings. The van der Waals surface area contributed by atoms with Crippen molar-refractivity contribution in [1.29, 1.82) is 0 Å². The van der Waals surface area contributed by atoms with Gasteiger partial charge in [-0.15, -0.1) is 0 Å². The molecule has 0 fully saturated rings. The van der Waals surface area contributed by atoms with Crippen LogP contribution in [0.15, 0.2) is 0 Å². The Morgan fingerprint density at radius 1 is 0.667 bits per heavy atom. The average Bonchev–Trinajstić information content (AvgIpc) is 2.39. The largest absolute Gasteiger partial charge is 0.0651 e. The number of hydrogen-bond acceptors (Lipinski definition) is 0. The Balaban J connectivity index is 2.94. The van der Waals surface area contributed by atoms with E-state index in [0.29, 0.717) is 0 Å². The lowest BCUT2D eigenvalue weighted by Crippen LogP contribution is -1.91. The monoisotopic (exact) mass is 253 g/mol. The van der Waals surface area contributed by atoms with Crippen LogP contribution in [-0.2, 0) is 0 Å². The summed E-state index contributed by atoms with van der Waals surface area (Å²) in [6.45, 7) is 8.58. The fraction of sp³-hybridized carbons (Fsp3) is 0.944. The molecule has 0 aromatic carbocycles. The molecule has 0 spiro atoms. The first-order valence-electron chi connectivity index (χ1n) is 8.60. The second-order valence-corrected chi connectivity index (χ2v) is 6.04. The molecular weight excluding hydrogens is 216 g/mol. The van der Waals surface area contributed by atoms with Gasteiger partial charge in [-0.2, -0.15) is 0 Å². The minimum atomic E-state index is 0.948. The van der Waals surface area contributed by atoms with Gasteiger partial charge in [0.25, 0.3) is 0 Å². The summed E-state index contributed by atoms with van der Waals surface area (Å²) in [5, 5.41) is 0. The van der Waals surface area contributed by atoms with Gasteiger partial charge in [0.2, 0.25) is 0 Å². The van der Waals surface area contributed by atoms with Crippen LogP contribution >= 0.6 is 0 Å². The van der Waals surface area contributed by atoms with Crippen molar-refractivity contribution in [2.75, 3.05) is 0 Å². The summed E-state index contributed by atoms with van der Waals surface area (Å²) < 4.78 is 0. The SMILES string of the molecule is [CH2]CCCCCCCCCCCCCC(C)CC. The van der Waals surface area contributed by atoms with E-state index in [0.717, 1.165) is 12.3 Å². The van der Waals surface area contributed by atoms with Crippen LogP contribution in [0.4, 0.5) is 0 Å². The molecule has 0 amide bonds. The maximum absolute atomic E-state index is 3.88. The maximum atomic E-state index is 3.88. The number of unbranched alkanes of at least 4 members (excludes halogenated alkanes) is 11. The van der Waals surface area contributed by atoms with Crippen molar-refractivity contribution in [2.45, 2.75) is 104 Å². The Kier molecular flexibility index (Phi) is 15.1. The number of rotatable bonds is 14. The van der Waals surface area contributed by atoms with E-state index in [4.69, 9.17) is 0 Å². The predicted octanol–water partition coefficient (Wildman–Crippen LogP) is 6.94. The van der Waals surface area contributed by atoms with Crippen molar-refractivity contribution in [3.05, 3.63) is 6.92 Å². The van der Waals surface area contributed by atoms with Crippen LogP contribution in [0.5, 0.6) is 0 Å². The van der Waals surface area contributed by atoms with E-state index < -0.39 is 0 Å². The minimum absolute atomic E-state index is 0.948. The molecule has 18 heavy (non-hydrogen) atoms. The normalized spacial score (nSPS) is 12.8. The molecule has 0 heterocycles. The van der Waals surface area contributed by atoms with Crippen LogP contribution in [0, 0.1) is 12.8 Å². The third-order valence-electron chi connectivity index (χ3n) is 4.14. The second-order valence-electron chi connectivity index (χ2n) is 6.04. The summed E-state index contributed by atoms with van der Waals surface area (Å²) >= 11 is 0. The summed E-state index contributed by atoms with van der Waals surface area (Å²) in [5.74, 6) is 0.948. The summed E-state index contributed by atoms with van der Waals surface area (Å²) in [6, 6.07) is 0. The Bertz CT molecular complexity index is 139. The summed E-state index contributed by atoms with van der Waals surface area (Å²) in [5.41, 5.74) is 0. The van der Waals surface area contributed by atoms with Crippen LogP contribution in [0.3, 0.4) is 0 Å². The van der Waals surface area contributed by atoms with E-state index in [1.807, 2.05) is 0 Å². The zero-order chi connectivity index (χ0) is 13.5. The summed E-state index contributed by atoms with van der Waals surface area (Å²) in [6.07, 6.45) is 19.8. The fourth-order valence-corrected chi connectivity index (χ4v) is 2.46. The van der Waals surface area contributed by atoms with E-state index in [9.17, 15) is 0 Å². The highest BCUT2D eigenvalue weighted by Gasteiger charge is 1.98. The van der Waals surface area contributed by atoms with E-state index in [1.165, 1.54) is 83.5 Å². The molecule has 109 valence electrons. The molecule has 0 N–H and O–H groups in total. The molecule has 1 unspecified atom stereocenters. The first-order chi connectivity index (χ1) is 8.81. The van der Waals surface area contributed by atoms with Crippen molar-refractivity contribution < 1.29 is 0 Å². The molecule has 0 saturated heterocycles. The lowest BCUT2D eigenvalue weighted by Gasteiger charge is -2.07. The lowest BCUT2D eigenvalue weighted by atomic mass is 9.99. The molecule has 1 atom stereocenters. The summed E-state index contributed by atoms with van der Waals surface area (Å²) in [7, 11) is 0. The Morgan fingerprint density at radius 2 is 1.06 bits per heavy atom. The van der Waals surface area contributed by atoms with Crippen LogP contribution < -0.4 is 0 Å². The molecule has 0 saturated carbocycles. The third-order valence-corrected chi connectivity index (χ3v) is 4.14. The molecule has 0 rings (SSSR count). The van der Waals surface area contributed by atoms with E-state index in [2.05, 4.69) is 20.8 Å². The fourth-order valence-electron chi connectivity index (χ4n) is 2.46. The van der Waals surface area contributed by atoms with Gasteiger partial charge in [-0.1, -0.05) is 111 Å². The van der Waals surface area contributed by atoms with Crippen LogP contribution in [0.2, 0.25) is 0 Å². The molecule has 0 aliphatic heterocycles. The van der Waals surface area contributed by atoms with Gasteiger partial charge in [0.1, 0.15) is 0 Å². The van der Waals surface area contributed by atoms with Crippen molar-refractivity contribution in [2.24, 2.45) is 5.92 Å². The van der Waals surface area contributed by atoms with E-state index in [-0.39, 0.29) is 0 Å². The lowest BCUT2D eigenvalue weighted by molar-refractivity contribution is 0.468. The zero-order valence-electron chi connectivity index (χ0n) is 13.2. The van der Waals surface area contributed by atoms with Crippen molar-refractivity contribution >= 4 is 0 Å². The molecule has 0 aliphatic carbocycles. The molecular formula is C18H37. The highest BCUT2D eigenvalue weighted by Crippen LogP contribution is 2.15. The molecule has 1 radical (unpaired) electrons. The topological polar surface area (TPSA) is 0 Å². The Hall–Kier alpha value is 0.